The number of hydrogen-bond acceptors (Lipinski definition) is 4. The number of carbonyl (C=O) groups excluding carboxylic acids is 3. The minimum absolute atomic E-state index is 0.152. The maximum absolute atomic E-state index is 11.9. The Hall–Kier alpha value is -2.38. The Morgan fingerprint density at radius 3 is 2.56 bits per heavy atom. The van der Waals surface area contributed by atoms with E-state index in [4.69, 9.17) is 5.73 Å². The molecule has 140 valence electrons. The molecule has 3 amide bonds. The standard InChI is InChI=1S/C17H29N5O3/c1-2-3-4-5-6-7-15(23)21-14(17(18)25)12-16(24)20-9-11-22-10-8-19-13-22/h8,10,13-14H,2-7,9,11-12H2,1H3,(H2,18,25)(H,20,24)(H,21,23). The van der Waals surface area contributed by atoms with E-state index in [2.05, 4.69) is 22.5 Å². The summed E-state index contributed by atoms with van der Waals surface area (Å²) in [6.07, 6.45) is 10.4. The van der Waals surface area contributed by atoms with E-state index in [1.807, 2.05) is 4.57 Å². The molecule has 0 spiro atoms. The van der Waals surface area contributed by atoms with Gasteiger partial charge in [0.2, 0.25) is 17.7 Å². The Bertz CT molecular complexity index is 530. The molecule has 0 fully saturated rings. The molecule has 1 atom stereocenters. The van der Waals surface area contributed by atoms with Crippen LogP contribution in [0.25, 0.3) is 0 Å². The fraction of sp³-hybridized carbons (Fsp3) is 0.647. The van der Waals surface area contributed by atoms with Gasteiger partial charge in [0.25, 0.3) is 0 Å². The molecule has 4 N–H and O–H groups in total. The highest BCUT2D eigenvalue weighted by molar-refractivity contribution is 5.91. The number of imidazole rings is 1. The van der Waals surface area contributed by atoms with E-state index in [1.54, 1.807) is 18.7 Å². The van der Waals surface area contributed by atoms with Crippen molar-refractivity contribution in [3.8, 4) is 0 Å². The van der Waals surface area contributed by atoms with Gasteiger partial charge in [-0.2, -0.15) is 0 Å². The Morgan fingerprint density at radius 2 is 1.92 bits per heavy atom. The third-order valence-corrected chi connectivity index (χ3v) is 3.83. The quantitative estimate of drug-likeness (QED) is 0.454. The molecule has 0 aromatic carbocycles. The van der Waals surface area contributed by atoms with E-state index in [0.29, 0.717) is 19.5 Å². The molecule has 0 aliphatic heterocycles. The molecule has 1 aromatic rings. The SMILES string of the molecule is CCCCCCCC(=O)NC(CC(=O)NCCn1ccnc1)C(N)=O. The average molecular weight is 351 g/mol. The van der Waals surface area contributed by atoms with Crippen LogP contribution in [0.1, 0.15) is 51.9 Å². The van der Waals surface area contributed by atoms with Crippen LogP contribution in [-0.4, -0.2) is 39.9 Å². The molecule has 8 nitrogen and oxygen atoms in total. The van der Waals surface area contributed by atoms with Crippen LogP contribution >= 0.6 is 0 Å². The molecule has 0 saturated carbocycles. The number of hydrogen-bond donors (Lipinski definition) is 3. The predicted octanol–water partition coefficient (Wildman–Crippen LogP) is 0.720. The zero-order valence-electron chi connectivity index (χ0n) is 14.9. The Labute approximate surface area is 148 Å². The number of rotatable bonds is 13. The van der Waals surface area contributed by atoms with Crippen LogP contribution in [0.5, 0.6) is 0 Å². The monoisotopic (exact) mass is 351 g/mol. The van der Waals surface area contributed by atoms with Crippen LogP contribution in [-0.2, 0) is 20.9 Å². The van der Waals surface area contributed by atoms with E-state index in [-0.39, 0.29) is 18.2 Å². The normalized spacial score (nSPS) is 11.7. The highest BCUT2D eigenvalue weighted by atomic mass is 16.2. The van der Waals surface area contributed by atoms with Gasteiger partial charge in [0, 0.05) is 31.9 Å². The molecule has 1 aromatic heterocycles. The lowest BCUT2D eigenvalue weighted by Gasteiger charge is -2.15. The summed E-state index contributed by atoms with van der Waals surface area (Å²) in [4.78, 5) is 39.2. The number of amides is 3. The number of nitrogens with one attached hydrogen (secondary N) is 2. The molecular weight excluding hydrogens is 322 g/mol. The van der Waals surface area contributed by atoms with Crippen molar-refractivity contribution in [1.82, 2.24) is 20.2 Å². The lowest BCUT2D eigenvalue weighted by molar-refractivity contribution is -0.130. The van der Waals surface area contributed by atoms with E-state index in [0.717, 1.165) is 32.1 Å². The molecule has 0 bridgehead atoms. The summed E-state index contributed by atoms with van der Waals surface area (Å²) in [5.41, 5.74) is 5.29. The highest BCUT2D eigenvalue weighted by Gasteiger charge is 2.21. The molecular formula is C17H29N5O3. The summed E-state index contributed by atoms with van der Waals surface area (Å²) < 4.78 is 1.83. The van der Waals surface area contributed by atoms with Crippen molar-refractivity contribution in [1.29, 1.82) is 0 Å². The number of carbonyl (C=O) groups is 3. The number of aromatic nitrogens is 2. The molecule has 0 saturated heterocycles. The van der Waals surface area contributed by atoms with Gasteiger partial charge in [-0.15, -0.1) is 0 Å². The fourth-order valence-electron chi connectivity index (χ4n) is 2.38. The Morgan fingerprint density at radius 1 is 1.16 bits per heavy atom. The summed E-state index contributed by atoms with van der Waals surface area (Å²) in [5.74, 6) is -1.28. The van der Waals surface area contributed by atoms with Crippen molar-refractivity contribution in [2.75, 3.05) is 6.54 Å². The highest BCUT2D eigenvalue weighted by Crippen LogP contribution is 2.05. The Balaban J connectivity index is 2.26. The molecule has 0 aliphatic rings. The largest absolute Gasteiger partial charge is 0.368 e. The van der Waals surface area contributed by atoms with Gasteiger partial charge in [0.15, 0.2) is 0 Å². The van der Waals surface area contributed by atoms with E-state index in [9.17, 15) is 14.4 Å². The zero-order valence-corrected chi connectivity index (χ0v) is 14.9. The second-order valence-corrected chi connectivity index (χ2v) is 6.04. The second-order valence-electron chi connectivity index (χ2n) is 6.04. The second kappa shape index (κ2) is 12.0. The first-order chi connectivity index (χ1) is 12.0. The first-order valence-electron chi connectivity index (χ1n) is 8.84. The zero-order chi connectivity index (χ0) is 18.5. The van der Waals surface area contributed by atoms with Gasteiger partial charge in [-0.25, -0.2) is 4.98 Å². The third kappa shape index (κ3) is 9.49. The minimum atomic E-state index is -0.976. The molecule has 0 radical (unpaired) electrons. The lowest BCUT2D eigenvalue weighted by Crippen LogP contribution is -2.47. The van der Waals surface area contributed by atoms with Gasteiger partial charge in [0.05, 0.1) is 12.7 Å². The van der Waals surface area contributed by atoms with Crippen molar-refractivity contribution in [3.05, 3.63) is 18.7 Å². The number of unbranched alkanes of at least 4 members (excludes halogenated alkanes) is 4. The first kappa shape index (κ1) is 20.7. The van der Waals surface area contributed by atoms with Crippen molar-refractivity contribution in [2.24, 2.45) is 5.73 Å². The van der Waals surface area contributed by atoms with Crippen LogP contribution in [0, 0.1) is 0 Å². The van der Waals surface area contributed by atoms with Gasteiger partial charge < -0.3 is 20.9 Å². The van der Waals surface area contributed by atoms with E-state index in [1.165, 1.54) is 0 Å². The molecule has 0 aliphatic carbocycles. The molecule has 1 heterocycles. The van der Waals surface area contributed by atoms with Gasteiger partial charge in [-0.05, 0) is 6.42 Å². The van der Waals surface area contributed by atoms with E-state index < -0.39 is 11.9 Å². The van der Waals surface area contributed by atoms with Crippen LogP contribution in [0.3, 0.4) is 0 Å². The van der Waals surface area contributed by atoms with E-state index >= 15 is 0 Å². The van der Waals surface area contributed by atoms with Crippen molar-refractivity contribution in [2.45, 2.75) is 64.5 Å². The summed E-state index contributed by atoms with van der Waals surface area (Å²) in [7, 11) is 0. The van der Waals surface area contributed by atoms with Crippen molar-refractivity contribution in [3.63, 3.8) is 0 Å². The van der Waals surface area contributed by atoms with Crippen molar-refractivity contribution >= 4 is 17.7 Å². The van der Waals surface area contributed by atoms with Crippen LogP contribution in [0.4, 0.5) is 0 Å². The third-order valence-electron chi connectivity index (χ3n) is 3.83. The molecule has 25 heavy (non-hydrogen) atoms. The fourth-order valence-corrected chi connectivity index (χ4v) is 2.38. The van der Waals surface area contributed by atoms with Gasteiger partial charge in [-0.1, -0.05) is 32.6 Å². The average Bonchev–Trinajstić information content (AvgIpc) is 3.07. The molecule has 1 rings (SSSR count). The Kier molecular flexibility index (Phi) is 9.96. The maximum Gasteiger partial charge on any atom is 0.240 e. The number of primary amides is 1. The summed E-state index contributed by atoms with van der Waals surface area (Å²) in [5, 5.41) is 5.25. The summed E-state index contributed by atoms with van der Waals surface area (Å²) >= 11 is 0. The first-order valence-corrected chi connectivity index (χ1v) is 8.84. The van der Waals surface area contributed by atoms with Crippen LogP contribution in [0.2, 0.25) is 0 Å². The minimum Gasteiger partial charge on any atom is -0.368 e. The smallest absolute Gasteiger partial charge is 0.240 e. The molecule has 1 unspecified atom stereocenters. The number of nitrogens with two attached hydrogens (primary N) is 1. The lowest BCUT2D eigenvalue weighted by atomic mass is 10.1. The van der Waals surface area contributed by atoms with Gasteiger partial charge in [0.1, 0.15) is 6.04 Å². The summed E-state index contributed by atoms with van der Waals surface area (Å²) in [6, 6.07) is -0.976. The number of nitrogens with zero attached hydrogens (tertiary/aromatic N) is 2. The van der Waals surface area contributed by atoms with Crippen LogP contribution < -0.4 is 16.4 Å². The maximum atomic E-state index is 11.9. The summed E-state index contributed by atoms with van der Waals surface area (Å²) in [6.45, 7) is 3.12. The predicted molar refractivity (Wildman–Crippen MR) is 94.4 cm³/mol. The van der Waals surface area contributed by atoms with Crippen LogP contribution in [0.15, 0.2) is 18.7 Å². The molecule has 8 heteroatoms. The van der Waals surface area contributed by atoms with Gasteiger partial charge in [-0.3, -0.25) is 14.4 Å². The van der Waals surface area contributed by atoms with Gasteiger partial charge >= 0.3 is 0 Å². The topological polar surface area (TPSA) is 119 Å². The van der Waals surface area contributed by atoms with Crippen molar-refractivity contribution < 1.29 is 14.4 Å².